The van der Waals surface area contributed by atoms with Crippen molar-refractivity contribution >= 4 is 17.5 Å². The minimum Gasteiger partial charge on any atom is -0.348 e. The first kappa shape index (κ1) is 22.7. The van der Waals surface area contributed by atoms with Gasteiger partial charge in [-0.15, -0.1) is 0 Å². The summed E-state index contributed by atoms with van der Waals surface area (Å²) >= 11 is 0. The molecule has 1 aliphatic rings. The molecule has 0 bridgehead atoms. The van der Waals surface area contributed by atoms with Crippen LogP contribution in [0.15, 0.2) is 91.0 Å². The van der Waals surface area contributed by atoms with Crippen molar-refractivity contribution in [3.05, 3.63) is 102 Å². The third kappa shape index (κ3) is 6.77. The number of rotatable bonds is 8. The summed E-state index contributed by atoms with van der Waals surface area (Å²) in [5.74, 6) is 0.0731. The maximum atomic E-state index is 12.9. The molecule has 1 heterocycles. The normalized spacial score (nSPS) is 15.5. The van der Waals surface area contributed by atoms with Crippen LogP contribution in [0.3, 0.4) is 0 Å². The second-order valence-electron chi connectivity index (χ2n) is 8.63. The van der Waals surface area contributed by atoms with Gasteiger partial charge in [0.25, 0.3) is 0 Å². The first-order chi connectivity index (χ1) is 16.2. The number of amides is 2. The number of para-hydroxylation sites is 1. The lowest BCUT2D eigenvalue weighted by atomic mass is 9.95. The van der Waals surface area contributed by atoms with E-state index in [-0.39, 0.29) is 23.8 Å². The van der Waals surface area contributed by atoms with E-state index in [4.69, 9.17) is 0 Å². The van der Waals surface area contributed by atoms with Crippen LogP contribution in [-0.2, 0) is 16.0 Å². The van der Waals surface area contributed by atoms with Crippen molar-refractivity contribution < 1.29 is 9.59 Å². The molecular formula is C28H31N3O2. The molecule has 3 aromatic carbocycles. The van der Waals surface area contributed by atoms with Crippen LogP contribution in [-0.4, -0.2) is 36.3 Å². The predicted octanol–water partition coefficient (Wildman–Crippen LogP) is 4.44. The lowest BCUT2D eigenvalue weighted by molar-refractivity contribution is -0.124. The number of anilines is 1. The van der Waals surface area contributed by atoms with E-state index < -0.39 is 0 Å². The summed E-state index contributed by atoms with van der Waals surface area (Å²) in [5, 5.41) is 6.23. The summed E-state index contributed by atoms with van der Waals surface area (Å²) in [6.45, 7) is 1.84. The van der Waals surface area contributed by atoms with E-state index in [0.29, 0.717) is 6.54 Å². The quantitative estimate of drug-likeness (QED) is 0.543. The van der Waals surface area contributed by atoms with Gasteiger partial charge in [0.05, 0.1) is 12.6 Å². The van der Waals surface area contributed by atoms with Gasteiger partial charge in [0, 0.05) is 11.6 Å². The maximum Gasteiger partial charge on any atom is 0.234 e. The largest absolute Gasteiger partial charge is 0.348 e. The van der Waals surface area contributed by atoms with Gasteiger partial charge in [0.15, 0.2) is 0 Å². The van der Waals surface area contributed by atoms with Crippen molar-refractivity contribution in [1.29, 1.82) is 0 Å². The molecule has 0 saturated carbocycles. The van der Waals surface area contributed by atoms with Gasteiger partial charge in [-0.3, -0.25) is 14.5 Å². The minimum absolute atomic E-state index is 0.0142. The Kier molecular flexibility index (Phi) is 7.88. The van der Waals surface area contributed by atoms with Gasteiger partial charge < -0.3 is 10.6 Å². The molecule has 170 valence electrons. The predicted molar refractivity (Wildman–Crippen MR) is 132 cm³/mol. The fourth-order valence-electron chi connectivity index (χ4n) is 4.35. The smallest absolute Gasteiger partial charge is 0.234 e. The standard InChI is InChI=1S/C28H31N3O2/c32-27(30-26(23-12-6-2-7-13-23)20-22-10-4-1-5-11-22)21-31-18-16-24(17-19-31)28(33)29-25-14-8-3-9-15-25/h1-15,24,26H,16-21H2,(H,29,33)(H,30,32)/t26-/m0/s1. The van der Waals surface area contributed by atoms with Gasteiger partial charge in [-0.25, -0.2) is 0 Å². The highest BCUT2D eigenvalue weighted by Gasteiger charge is 2.26. The molecule has 1 saturated heterocycles. The Balaban J connectivity index is 1.29. The van der Waals surface area contributed by atoms with Crippen LogP contribution in [0, 0.1) is 5.92 Å². The molecule has 4 rings (SSSR count). The second kappa shape index (κ2) is 11.4. The molecule has 1 atom stereocenters. The SMILES string of the molecule is O=C(CN1CCC(C(=O)Nc2ccccc2)CC1)N[C@@H](Cc1ccccc1)c1ccccc1. The molecule has 33 heavy (non-hydrogen) atoms. The van der Waals surface area contributed by atoms with E-state index in [9.17, 15) is 9.59 Å². The van der Waals surface area contributed by atoms with Gasteiger partial charge in [-0.1, -0.05) is 78.9 Å². The molecule has 1 fully saturated rings. The van der Waals surface area contributed by atoms with Crippen molar-refractivity contribution in [3.63, 3.8) is 0 Å². The Morgan fingerprint density at radius 3 is 2.03 bits per heavy atom. The molecule has 0 radical (unpaired) electrons. The third-order valence-electron chi connectivity index (χ3n) is 6.19. The summed E-state index contributed by atoms with van der Waals surface area (Å²) in [5.41, 5.74) is 3.12. The molecule has 2 N–H and O–H groups in total. The van der Waals surface area contributed by atoms with E-state index in [0.717, 1.165) is 43.6 Å². The van der Waals surface area contributed by atoms with Crippen molar-refractivity contribution in [2.24, 2.45) is 5.92 Å². The highest BCUT2D eigenvalue weighted by atomic mass is 16.2. The zero-order valence-electron chi connectivity index (χ0n) is 18.8. The lowest BCUT2D eigenvalue weighted by Crippen LogP contribution is -2.44. The molecule has 0 aliphatic carbocycles. The first-order valence-corrected chi connectivity index (χ1v) is 11.6. The molecule has 5 heteroatoms. The second-order valence-corrected chi connectivity index (χ2v) is 8.63. The maximum absolute atomic E-state index is 12.9. The highest BCUT2D eigenvalue weighted by molar-refractivity contribution is 5.92. The molecule has 0 spiro atoms. The molecule has 5 nitrogen and oxygen atoms in total. The molecule has 0 unspecified atom stereocenters. The number of benzene rings is 3. The van der Waals surface area contributed by atoms with Gasteiger partial charge in [-0.05, 0) is 55.6 Å². The van der Waals surface area contributed by atoms with E-state index in [1.807, 2.05) is 66.7 Å². The summed E-state index contributed by atoms with van der Waals surface area (Å²) in [7, 11) is 0. The minimum atomic E-state index is -0.0738. The molecule has 3 aromatic rings. The molecule has 0 aromatic heterocycles. The average molecular weight is 442 g/mol. The van der Waals surface area contributed by atoms with E-state index >= 15 is 0 Å². The average Bonchev–Trinajstić information content (AvgIpc) is 2.86. The zero-order valence-corrected chi connectivity index (χ0v) is 18.8. The van der Waals surface area contributed by atoms with E-state index in [1.54, 1.807) is 0 Å². The third-order valence-corrected chi connectivity index (χ3v) is 6.19. The van der Waals surface area contributed by atoms with Gasteiger partial charge in [0.1, 0.15) is 0 Å². The summed E-state index contributed by atoms with van der Waals surface area (Å²) < 4.78 is 0. The number of likely N-dealkylation sites (tertiary alicyclic amines) is 1. The Morgan fingerprint density at radius 1 is 0.818 bits per heavy atom. The summed E-state index contributed by atoms with van der Waals surface area (Å²) in [4.78, 5) is 27.6. The van der Waals surface area contributed by atoms with Crippen LogP contribution in [0.4, 0.5) is 5.69 Å². The highest BCUT2D eigenvalue weighted by Crippen LogP contribution is 2.21. The Labute approximate surface area is 195 Å². The molecular weight excluding hydrogens is 410 g/mol. The fourth-order valence-corrected chi connectivity index (χ4v) is 4.35. The topological polar surface area (TPSA) is 61.4 Å². The van der Waals surface area contributed by atoms with Crippen molar-refractivity contribution in [2.75, 3.05) is 25.0 Å². The number of nitrogens with zero attached hydrogens (tertiary/aromatic N) is 1. The molecule has 2 amide bonds. The van der Waals surface area contributed by atoms with Crippen LogP contribution in [0.25, 0.3) is 0 Å². The fraction of sp³-hybridized carbons (Fsp3) is 0.286. The van der Waals surface area contributed by atoms with Crippen LogP contribution in [0.5, 0.6) is 0 Å². The Hall–Kier alpha value is -3.44. The van der Waals surface area contributed by atoms with Crippen LogP contribution >= 0.6 is 0 Å². The van der Waals surface area contributed by atoms with Crippen LogP contribution in [0.2, 0.25) is 0 Å². The van der Waals surface area contributed by atoms with Crippen molar-refractivity contribution in [3.8, 4) is 0 Å². The van der Waals surface area contributed by atoms with Crippen LogP contribution in [0.1, 0.15) is 30.0 Å². The summed E-state index contributed by atoms with van der Waals surface area (Å²) in [6, 6.07) is 29.8. The monoisotopic (exact) mass is 441 g/mol. The van der Waals surface area contributed by atoms with Gasteiger partial charge >= 0.3 is 0 Å². The van der Waals surface area contributed by atoms with Crippen molar-refractivity contribution in [1.82, 2.24) is 10.2 Å². The number of hydrogen-bond donors (Lipinski definition) is 2. The number of nitrogens with one attached hydrogen (secondary N) is 2. The van der Waals surface area contributed by atoms with E-state index in [1.165, 1.54) is 5.56 Å². The van der Waals surface area contributed by atoms with E-state index in [2.05, 4.69) is 39.8 Å². The number of carbonyl (C=O) groups excluding carboxylic acids is 2. The summed E-state index contributed by atoms with van der Waals surface area (Å²) in [6.07, 6.45) is 2.27. The Morgan fingerprint density at radius 2 is 1.39 bits per heavy atom. The lowest BCUT2D eigenvalue weighted by Gasteiger charge is -2.31. The van der Waals surface area contributed by atoms with Crippen molar-refractivity contribution in [2.45, 2.75) is 25.3 Å². The first-order valence-electron chi connectivity index (χ1n) is 11.6. The number of hydrogen-bond acceptors (Lipinski definition) is 3. The van der Waals surface area contributed by atoms with Crippen LogP contribution < -0.4 is 10.6 Å². The Bertz CT molecular complexity index is 1020. The zero-order chi connectivity index (χ0) is 22.9. The van der Waals surface area contributed by atoms with Gasteiger partial charge in [-0.2, -0.15) is 0 Å². The number of piperidine rings is 1. The number of carbonyl (C=O) groups is 2. The molecule has 1 aliphatic heterocycles. The van der Waals surface area contributed by atoms with Gasteiger partial charge in [0.2, 0.25) is 11.8 Å².